The molecular weight excluding hydrogens is 368 g/mol. The summed E-state index contributed by atoms with van der Waals surface area (Å²) >= 11 is 1.33. The minimum atomic E-state index is -1.16. The van der Waals surface area contributed by atoms with Crippen molar-refractivity contribution in [3.8, 4) is 11.3 Å². The lowest BCUT2D eigenvalue weighted by Gasteiger charge is -2.11. The number of hydrogen-bond acceptors (Lipinski definition) is 8. The van der Waals surface area contributed by atoms with Crippen molar-refractivity contribution in [3.63, 3.8) is 0 Å². The number of aromatic nitrogens is 1. The highest BCUT2D eigenvalue weighted by Crippen LogP contribution is 2.28. The van der Waals surface area contributed by atoms with Crippen molar-refractivity contribution in [1.29, 1.82) is 0 Å². The Hall–Kier alpha value is -3.33. The molecule has 9 heteroatoms. The maximum Gasteiger partial charge on any atom is 0.358 e. The second-order valence-electron chi connectivity index (χ2n) is 5.77. The Morgan fingerprint density at radius 3 is 2.67 bits per heavy atom. The van der Waals surface area contributed by atoms with Crippen molar-refractivity contribution in [2.24, 2.45) is 5.16 Å². The average molecular weight is 386 g/mol. The first kappa shape index (κ1) is 18.5. The molecule has 2 aromatic heterocycles. The predicted octanol–water partition coefficient (Wildman–Crippen LogP) is 3.65. The molecule has 0 aliphatic heterocycles. The second kappa shape index (κ2) is 7.92. The molecule has 0 spiro atoms. The van der Waals surface area contributed by atoms with Gasteiger partial charge in [-0.2, -0.15) is 0 Å². The fraction of sp³-hybridized carbons (Fsp3) is 0.167. The summed E-state index contributed by atoms with van der Waals surface area (Å²) in [6, 6.07) is 11.4. The van der Waals surface area contributed by atoms with E-state index in [1.54, 1.807) is 17.5 Å². The molecule has 0 aliphatic carbocycles. The number of rotatable bonds is 7. The van der Waals surface area contributed by atoms with Crippen LogP contribution in [0.4, 0.5) is 16.5 Å². The number of hydrogen-bond donors (Lipinski definition) is 2. The van der Waals surface area contributed by atoms with Crippen LogP contribution in [0.1, 0.15) is 5.56 Å². The van der Waals surface area contributed by atoms with Crippen LogP contribution in [0.15, 0.2) is 51.5 Å². The molecule has 140 valence electrons. The first-order chi connectivity index (χ1) is 13.0. The third kappa shape index (κ3) is 4.26. The second-order valence-corrected chi connectivity index (χ2v) is 6.68. The van der Waals surface area contributed by atoms with Gasteiger partial charge in [0, 0.05) is 42.4 Å². The van der Waals surface area contributed by atoms with Crippen molar-refractivity contribution >= 4 is 39.5 Å². The Kier molecular flexibility index (Phi) is 5.41. The lowest BCUT2D eigenvalue weighted by atomic mass is 10.1. The fourth-order valence-electron chi connectivity index (χ4n) is 2.35. The Bertz CT molecular complexity index is 960. The van der Waals surface area contributed by atoms with Gasteiger partial charge < -0.3 is 24.7 Å². The molecular formula is C18H18N4O4S. The van der Waals surface area contributed by atoms with Crippen molar-refractivity contribution < 1.29 is 19.3 Å². The van der Waals surface area contributed by atoms with Crippen LogP contribution in [0.25, 0.3) is 11.3 Å². The van der Waals surface area contributed by atoms with Crippen LogP contribution in [0, 0.1) is 0 Å². The molecule has 0 unspecified atom stereocenters. The predicted molar refractivity (Wildman–Crippen MR) is 105 cm³/mol. The maximum atomic E-state index is 11.2. The molecule has 0 fully saturated rings. The van der Waals surface area contributed by atoms with Crippen molar-refractivity contribution in [2.75, 3.05) is 31.4 Å². The summed E-state index contributed by atoms with van der Waals surface area (Å²) in [6.07, 6.45) is 0. The van der Waals surface area contributed by atoms with Crippen LogP contribution in [-0.2, 0) is 9.63 Å². The van der Waals surface area contributed by atoms with Gasteiger partial charge in [-0.3, -0.25) is 0 Å². The van der Waals surface area contributed by atoms with Crippen LogP contribution in [0.3, 0.4) is 0 Å². The van der Waals surface area contributed by atoms with Crippen LogP contribution >= 0.6 is 11.3 Å². The first-order valence-corrected chi connectivity index (χ1v) is 8.80. The molecule has 27 heavy (non-hydrogen) atoms. The molecule has 0 bridgehead atoms. The number of oxime groups is 1. The number of nitrogens with zero attached hydrogens (tertiary/aromatic N) is 3. The third-order valence-corrected chi connectivity index (χ3v) is 4.53. The van der Waals surface area contributed by atoms with Gasteiger partial charge in [-0.1, -0.05) is 10.3 Å². The van der Waals surface area contributed by atoms with E-state index in [2.05, 4.69) is 20.5 Å². The highest BCUT2D eigenvalue weighted by molar-refractivity contribution is 7.14. The minimum absolute atomic E-state index is 0.163. The highest BCUT2D eigenvalue weighted by atomic mass is 32.1. The number of carboxylic acid groups (broad SMARTS) is 1. The fourth-order valence-corrected chi connectivity index (χ4v) is 3.14. The van der Waals surface area contributed by atoms with Crippen molar-refractivity contribution in [1.82, 2.24) is 5.16 Å². The number of aliphatic carboxylic acids is 1. The molecule has 0 amide bonds. The summed E-state index contributed by atoms with van der Waals surface area (Å²) in [4.78, 5) is 17.8. The maximum absolute atomic E-state index is 11.2. The Morgan fingerprint density at radius 1 is 1.30 bits per heavy atom. The third-order valence-electron chi connectivity index (χ3n) is 3.69. The van der Waals surface area contributed by atoms with E-state index in [-0.39, 0.29) is 5.71 Å². The van der Waals surface area contributed by atoms with Crippen LogP contribution in [0.5, 0.6) is 0 Å². The molecule has 2 heterocycles. The topological polar surface area (TPSA) is 100 Å². The molecule has 0 saturated carbocycles. The summed E-state index contributed by atoms with van der Waals surface area (Å²) in [5.74, 6) is -0.00603. The number of carbonyl (C=O) groups is 1. The first-order valence-electron chi connectivity index (χ1n) is 7.93. The zero-order chi connectivity index (χ0) is 19.4. The van der Waals surface area contributed by atoms with E-state index in [0.717, 1.165) is 11.3 Å². The normalized spacial score (nSPS) is 11.3. The van der Waals surface area contributed by atoms with Gasteiger partial charge in [0.1, 0.15) is 7.11 Å². The molecule has 3 aromatic rings. The zero-order valence-corrected chi connectivity index (χ0v) is 15.8. The van der Waals surface area contributed by atoms with Gasteiger partial charge in [-0.05, 0) is 30.3 Å². The van der Waals surface area contributed by atoms with Crippen LogP contribution < -0.4 is 10.2 Å². The molecule has 3 rings (SSSR count). The largest absolute Gasteiger partial charge is 0.476 e. The smallest absolute Gasteiger partial charge is 0.358 e. The number of benzene rings is 1. The van der Waals surface area contributed by atoms with Gasteiger partial charge in [-0.15, -0.1) is 11.3 Å². The molecule has 1 aromatic carbocycles. The number of nitrogens with one attached hydrogen (secondary N) is 1. The lowest BCUT2D eigenvalue weighted by molar-refractivity contribution is -0.129. The summed E-state index contributed by atoms with van der Waals surface area (Å²) in [6.45, 7) is 0. The van der Waals surface area contributed by atoms with E-state index in [9.17, 15) is 9.90 Å². The van der Waals surface area contributed by atoms with Gasteiger partial charge in [0.25, 0.3) is 0 Å². The van der Waals surface area contributed by atoms with E-state index in [1.807, 2.05) is 43.3 Å². The monoisotopic (exact) mass is 386 g/mol. The Balaban J connectivity index is 1.75. The van der Waals surface area contributed by atoms with Gasteiger partial charge in [0.15, 0.2) is 17.3 Å². The summed E-state index contributed by atoms with van der Waals surface area (Å²) in [7, 11) is 5.26. The van der Waals surface area contributed by atoms with E-state index < -0.39 is 5.97 Å². The number of anilines is 3. The number of carboxylic acids is 1. The van der Waals surface area contributed by atoms with Crippen LogP contribution in [0.2, 0.25) is 0 Å². The zero-order valence-electron chi connectivity index (χ0n) is 15.0. The van der Waals surface area contributed by atoms with Gasteiger partial charge in [0.05, 0.1) is 5.00 Å². The minimum Gasteiger partial charge on any atom is -0.476 e. The van der Waals surface area contributed by atoms with E-state index >= 15 is 0 Å². The van der Waals surface area contributed by atoms with Crippen molar-refractivity contribution in [2.45, 2.75) is 0 Å². The van der Waals surface area contributed by atoms with Gasteiger partial charge in [0.2, 0.25) is 0 Å². The van der Waals surface area contributed by atoms with Gasteiger partial charge >= 0.3 is 5.97 Å². The van der Waals surface area contributed by atoms with Crippen molar-refractivity contribution in [3.05, 3.63) is 47.3 Å². The Labute approximate surface area is 159 Å². The molecule has 2 N–H and O–H groups in total. The summed E-state index contributed by atoms with van der Waals surface area (Å²) < 4.78 is 5.39. The average Bonchev–Trinajstić information content (AvgIpc) is 3.29. The van der Waals surface area contributed by atoms with E-state index in [1.165, 1.54) is 18.4 Å². The van der Waals surface area contributed by atoms with Gasteiger partial charge in [-0.25, -0.2) is 4.79 Å². The highest BCUT2D eigenvalue weighted by Gasteiger charge is 2.16. The molecule has 0 saturated heterocycles. The number of thiophene rings is 1. The summed E-state index contributed by atoms with van der Waals surface area (Å²) in [5, 5.41) is 22.2. The quantitative estimate of drug-likeness (QED) is 0.472. The SMILES string of the molecule is CON=C(C(=O)O)c1csc(Nc2cc(-c3ccc(N(C)C)cc3)on2)c1. The lowest BCUT2D eigenvalue weighted by Crippen LogP contribution is -2.13. The molecule has 0 radical (unpaired) electrons. The van der Waals surface area contributed by atoms with E-state index in [4.69, 9.17) is 4.52 Å². The Morgan fingerprint density at radius 2 is 2.04 bits per heavy atom. The van der Waals surface area contributed by atoms with Crippen LogP contribution in [-0.4, -0.2) is 43.1 Å². The van der Waals surface area contributed by atoms with E-state index in [0.29, 0.717) is 22.1 Å². The summed E-state index contributed by atoms with van der Waals surface area (Å²) in [5.41, 5.74) is 2.28. The molecule has 0 aliphatic rings. The molecule has 0 atom stereocenters. The molecule has 8 nitrogen and oxygen atoms in total. The standard InChI is InChI=1S/C18H18N4O4S/c1-22(2)13-6-4-11(5-7-13)14-9-15(20-26-14)19-16-8-12(10-27-16)17(18(23)24)21-25-3/h4-10H,1-3H3,(H,19,20)(H,23,24).